The third-order valence-corrected chi connectivity index (χ3v) is 3.52. The maximum absolute atomic E-state index is 6.39. The summed E-state index contributed by atoms with van der Waals surface area (Å²) in [6, 6.07) is 18.1. The third kappa shape index (κ3) is 2.24. The largest absolute Gasteiger partial charge is 0.319 e. The lowest BCUT2D eigenvalue weighted by Crippen LogP contribution is -2.16. The summed E-state index contributed by atoms with van der Waals surface area (Å²) in [4.78, 5) is 4.27. The summed E-state index contributed by atoms with van der Waals surface area (Å²) in [6.07, 6.45) is 3.66. The van der Waals surface area contributed by atoms with E-state index in [4.69, 9.17) is 5.73 Å². The van der Waals surface area contributed by atoms with Crippen molar-refractivity contribution in [2.24, 2.45) is 5.73 Å². The number of hydrogen-bond acceptors (Lipinski definition) is 2. The van der Waals surface area contributed by atoms with Crippen molar-refractivity contribution in [1.82, 2.24) is 9.55 Å². The molecule has 2 aromatic carbocycles. The highest BCUT2D eigenvalue weighted by molar-refractivity contribution is 5.42. The second-order valence-electron chi connectivity index (χ2n) is 4.86. The molecule has 2 N–H and O–H groups in total. The maximum atomic E-state index is 6.39. The van der Waals surface area contributed by atoms with E-state index in [-0.39, 0.29) is 6.04 Å². The van der Waals surface area contributed by atoms with Crippen LogP contribution in [-0.4, -0.2) is 9.55 Å². The third-order valence-electron chi connectivity index (χ3n) is 3.52. The molecule has 0 fully saturated rings. The highest BCUT2D eigenvalue weighted by atomic mass is 15.1. The molecule has 0 saturated carbocycles. The first-order chi connectivity index (χ1) is 9.77. The highest BCUT2D eigenvalue weighted by Crippen LogP contribution is 2.23. The summed E-state index contributed by atoms with van der Waals surface area (Å²) in [5.74, 6) is 0. The van der Waals surface area contributed by atoms with Gasteiger partial charge >= 0.3 is 0 Å². The zero-order chi connectivity index (χ0) is 13.9. The Morgan fingerprint density at radius 3 is 2.45 bits per heavy atom. The van der Waals surface area contributed by atoms with Crippen molar-refractivity contribution in [3.05, 3.63) is 83.9 Å². The normalized spacial score (nSPS) is 12.3. The Morgan fingerprint density at radius 1 is 1.00 bits per heavy atom. The number of hydrogen-bond donors (Lipinski definition) is 1. The molecular formula is C17H17N3. The summed E-state index contributed by atoms with van der Waals surface area (Å²) in [5, 5.41) is 0. The number of nitrogens with two attached hydrogens (primary N) is 1. The molecule has 1 atom stereocenters. The zero-order valence-electron chi connectivity index (χ0n) is 11.4. The van der Waals surface area contributed by atoms with Crippen molar-refractivity contribution in [2.45, 2.75) is 13.0 Å². The first-order valence-electron chi connectivity index (χ1n) is 6.66. The van der Waals surface area contributed by atoms with Crippen LogP contribution in [0.15, 0.2) is 67.1 Å². The molecular weight excluding hydrogens is 246 g/mol. The molecule has 0 aliphatic rings. The Labute approximate surface area is 118 Å². The predicted molar refractivity (Wildman–Crippen MR) is 80.8 cm³/mol. The molecule has 0 amide bonds. The quantitative estimate of drug-likeness (QED) is 0.788. The molecule has 1 unspecified atom stereocenters. The Morgan fingerprint density at radius 2 is 1.70 bits per heavy atom. The van der Waals surface area contributed by atoms with Crippen LogP contribution in [0.3, 0.4) is 0 Å². The van der Waals surface area contributed by atoms with E-state index < -0.39 is 0 Å². The van der Waals surface area contributed by atoms with Crippen molar-refractivity contribution in [1.29, 1.82) is 0 Å². The van der Waals surface area contributed by atoms with Gasteiger partial charge in [-0.15, -0.1) is 0 Å². The zero-order valence-corrected chi connectivity index (χ0v) is 11.4. The average molecular weight is 263 g/mol. The Hall–Kier alpha value is -2.39. The van der Waals surface area contributed by atoms with Gasteiger partial charge in [0.05, 0.1) is 24.3 Å². The molecule has 3 heteroatoms. The van der Waals surface area contributed by atoms with Crippen LogP contribution in [0, 0.1) is 6.92 Å². The van der Waals surface area contributed by atoms with Gasteiger partial charge in [-0.1, -0.05) is 48.5 Å². The van der Waals surface area contributed by atoms with E-state index in [0.717, 1.165) is 16.9 Å². The molecule has 20 heavy (non-hydrogen) atoms. The van der Waals surface area contributed by atoms with E-state index >= 15 is 0 Å². The maximum Gasteiger partial charge on any atom is 0.0994 e. The van der Waals surface area contributed by atoms with Crippen molar-refractivity contribution in [2.75, 3.05) is 0 Å². The van der Waals surface area contributed by atoms with Gasteiger partial charge in [-0.3, -0.25) is 0 Å². The summed E-state index contributed by atoms with van der Waals surface area (Å²) in [6.45, 7) is 2.09. The number of aryl methyl sites for hydroxylation is 1. The van der Waals surface area contributed by atoms with Gasteiger partial charge in [-0.25, -0.2) is 4.98 Å². The number of para-hydroxylation sites is 1. The van der Waals surface area contributed by atoms with E-state index in [1.54, 1.807) is 0 Å². The lowest BCUT2D eigenvalue weighted by Gasteiger charge is -2.16. The van der Waals surface area contributed by atoms with Crippen LogP contribution in [0.25, 0.3) is 5.69 Å². The number of aromatic nitrogens is 2. The lowest BCUT2D eigenvalue weighted by molar-refractivity contribution is 0.791. The molecule has 0 radical (unpaired) electrons. The number of benzene rings is 2. The molecule has 100 valence electrons. The minimum absolute atomic E-state index is 0.182. The van der Waals surface area contributed by atoms with E-state index in [1.807, 2.05) is 55.0 Å². The first kappa shape index (κ1) is 12.6. The number of rotatable bonds is 3. The van der Waals surface area contributed by atoms with Gasteiger partial charge in [0.2, 0.25) is 0 Å². The Balaban J connectivity index is 2.05. The summed E-state index contributed by atoms with van der Waals surface area (Å²) < 4.78 is 2.06. The van der Waals surface area contributed by atoms with Gasteiger partial charge in [-0.2, -0.15) is 0 Å². The Kier molecular flexibility index (Phi) is 3.35. The molecule has 0 aliphatic heterocycles. The first-order valence-corrected chi connectivity index (χ1v) is 6.66. The van der Waals surface area contributed by atoms with E-state index in [1.165, 1.54) is 5.56 Å². The van der Waals surface area contributed by atoms with Crippen LogP contribution < -0.4 is 5.73 Å². The molecule has 3 rings (SSSR count). The molecule has 0 saturated heterocycles. The fourth-order valence-electron chi connectivity index (χ4n) is 2.40. The second kappa shape index (κ2) is 5.31. The molecule has 3 nitrogen and oxygen atoms in total. The predicted octanol–water partition coefficient (Wildman–Crippen LogP) is 3.23. The smallest absolute Gasteiger partial charge is 0.0994 e. The average Bonchev–Trinajstić information content (AvgIpc) is 2.97. The fourth-order valence-corrected chi connectivity index (χ4v) is 2.40. The van der Waals surface area contributed by atoms with Crippen LogP contribution >= 0.6 is 0 Å². The second-order valence-corrected chi connectivity index (χ2v) is 4.86. The summed E-state index contributed by atoms with van der Waals surface area (Å²) in [5.41, 5.74) is 10.8. The van der Waals surface area contributed by atoms with Crippen molar-refractivity contribution < 1.29 is 0 Å². The van der Waals surface area contributed by atoms with Gasteiger partial charge < -0.3 is 10.3 Å². The minimum Gasteiger partial charge on any atom is -0.319 e. The van der Waals surface area contributed by atoms with Crippen molar-refractivity contribution >= 4 is 0 Å². The summed E-state index contributed by atoms with van der Waals surface area (Å²) in [7, 11) is 0. The van der Waals surface area contributed by atoms with Crippen LogP contribution in [0.5, 0.6) is 0 Å². The minimum atomic E-state index is -0.182. The van der Waals surface area contributed by atoms with Crippen LogP contribution in [0.4, 0.5) is 0 Å². The Bertz CT molecular complexity index is 701. The SMILES string of the molecule is Cc1ccccc1-n1cncc1C(N)c1ccccc1. The van der Waals surface area contributed by atoms with Crippen LogP contribution in [0.1, 0.15) is 22.9 Å². The molecule has 1 heterocycles. The highest BCUT2D eigenvalue weighted by Gasteiger charge is 2.15. The molecule has 0 aliphatic carbocycles. The molecule has 0 bridgehead atoms. The lowest BCUT2D eigenvalue weighted by atomic mass is 10.0. The van der Waals surface area contributed by atoms with Crippen LogP contribution in [-0.2, 0) is 0 Å². The van der Waals surface area contributed by atoms with E-state index in [9.17, 15) is 0 Å². The van der Waals surface area contributed by atoms with Gasteiger partial charge in [0.25, 0.3) is 0 Å². The van der Waals surface area contributed by atoms with Gasteiger partial charge in [0, 0.05) is 5.69 Å². The standard InChI is InChI=1S/C17H17N3/c1-13-7-5-6-10-15(13)20-12-19-11-16(20)17(18)14-8-3-2-4-9-14/h2-12,17H,18H2,1H3. The molecule has 1 aromatic heterocycles. The van der Waals surface area contributed by atoms with Crippen molar-refractivity contribution in [3.63, 3.8) is 0 Å². The van der Waals surface area contributed by atoms with E-state index in [0.29, 0.717) is 0 Å². The van der Waals surface area contributed by atoms with Gasteiger partial charge in [0.1, 0.15) is 0 Å². The summed E-state index contributed by atoms with van der Waals surface area (Å²) >= 11 is 0. The number of imidazole rings is 1. The van der Waals surface area contributed by atoms with Crippen molar-refractivity contribution in [3.8, 4) is 5.69 Å². The monoisotopic (exact) mass is 263 g/mol. The topological polar surface area (TPSA) is 43.8 Å². The molecule has 3 aromatic rings. The van der Waals surface area contributed by atoms with Gasteiger partial charge in [0.15, 0.2) is 0 Å². The van der Waals surface area contributed by atoms with E-state index in [2.05, 4.69) is 28.6 Å². The number of nitrogens with zero attached hydrogens (tertiary/aromatic N) is 2. The molecule has 0 spiro atoms. The van der Waals surface area contributed by atoms with Crippen LogP contribution in [0.2, 0.25) is 0 Å². The van der Waals surface area contributed by atoms with Gasteiger partial charge in [-0.05, 0) is 24.1 Å². The fraction of sp³-hybridized carbons (Fsp3) is 0.118.